The summed E-state index contributed by atoms with van der Waals surface area (Å²) in [6.45, 7) is 0.482. The van der Waals surface area contributed by atoms with Gasteiger partial charge in [-0.1, -0.05) is 66.7 Å². The van der Waals surface area contributed by atoms with Crippen molar-refractivity contribution in [1.82, 2.24) is 0 Å². The number of nitrogens with one attached hydrogen (secondary N) is 1. The van der Waals surface area contributed by atoms with Gasteiger partial charge in [0.1, 0.15) is 12.4 Å². The minimum absolute atomic E-state index is 0.0800. The molecule has 30 heavy (non-hydrogen) atoms. The number of carbonyl (C=O) groups is 1. The smallest absolute Gasteiger partial charge is 0.256 e. The summed E-state index contributed by atoms with van der Waals surface area (Å²) in [4.78, 5) is 12.3. The number of carbonyl (C=O) groups excluding carboxylic acids is 1. The molecule has 4 aromatic carbocycles. The van der Waals surface area contributed by atoms with E-state index in [2.05, 4.69) is 51.6 Å². The summed E-state index contributed by atoms with van der Waals surface area (Å²) in [5.41, 5.74) is 4.52. The molecule has 1 amide bonds. The Balaban J connectivity index is 1.38. The number of anilines is 1. The van der Waals surface area contributed by atoms with Crippen LogP contribution in [0.5, 0.6) is 5.75 Å². The number of ether oxygens (including phenoxy) is 1. The van der Waals surface area contributed by atoms with Crippen molar-refractivity contribution in [3.05, 3.63) is 106 Å². The van der Waals surface area contributed by atoms with Crippen LogP contribution in [0.2, 0.25) is 0 Å². The Hall–Kier alpha value is -3.37. The van der Waals surface area contributed by atoms with Gasteiger partial charge in [0.2, 0.25) is 0 Å². The van der Waals surface area contributed by atoms with E-state index in [1.807, 2.05) is 60.7 Å². The molecule has 1 heterocycles. The van der Waals surface area contributed by atoms with Crippen LogP contribution in [0, 0.1) is 0 Å². The number of hydrogen-bond donors (Lipinski definition) is 1. The molecular weight excluding hydrogens is 438 g/mol. The second-order valence-corrected chi connectivity index (χ2v) is 8.03. The normalized spacial score (nSPS) is 14.0. The monoisotopic (exact) mass is 455 g/mol. The third-order valence-corrected chi connectivity index (χ3v) is 5.86. The topological polar surface area (TPSA) is 38.3 Å². The number of amides is 1. The maximum atomic E-state index is 12.3. The summed E-state index contributed by atoms with van der Waals surface area (Å²) in [6, 6.07) is 28.1. The molecule has 146 valence electrons. The van der Waals surface area contributed by atoms with Gasteiger partial charge in [-0.05, 0) is 62.1 Å². The summed E-state index contributed by atoms with van der Waals surface area (Å²) >= 11 is 3.61. The maximum absolute atomic E-state index is 12.3. The van der Waals surface area contributed by atoms with Crippen LogP contribution in [-0.2, 0) is 11.4 Å². The third kappa shape index (κ3) is 3.51. The fourth-order valence-corrected chi connectivity index (χ4v) is 4.26. The molecule has 0 saturated heterocycles. The van der Waals surface area contributed by atoms with Crippen molar-refractivity contribution in [3.63, 3.8) is 0 Å². The zero-order chi connectivity index (χ0) is 20.5. The average molecular weight is 456 g/mol. The molecule has 5 rings (SSSR count). The van der Waals surface area contributed by atoms with Crippen LogP contribution in [-0.4, -0.2) is 5.91 Å². The van der Waals surface area contributed by atoms with Crippen LogP contribution < -0.4 is 10.1 Å². The van der Waals surface area contributed by atoms with Crippen LogP contribution in [0.1, 0.15) is 16.7 Å². The van der Waals surface area contributed by atoms with Crippen molar-refractivity contribution in [3.8, 4) is 5.75 Å². The Labute approximate surface area is 183 Å². The van der Waals surface area contributed by atoms with Crippen molar-refractivity contribution >= 4 is 49.9 Å². The fourth-order valence-electron chi connectivity index (χ4n) is 3.75. The van der Waals surface area contributed by atoms with Gasteiger partial charge in [-0.15, -0.1) is 0 Å². The van der Waals surface area contributed by atoms with Crippen LogP contribution >= 0.6 is 15.9 Å². The van der Waals surface area contributed by atoms with Crippen LogP contribution in [0.15, 0.2) is 89.4 Å². The van der Waals surface area contributed by atoms with E-state index < -0.39 is 0 Å². The first-order chi connectivity index (χ1) is 14.7. The molecular formula is C26H18BrNO2. The quantitative estimate of drug-likeness (QED) is 0.348. The molecule has 0 saturated carbocycles. The van der Waals surface area contributed by atoms with E-state index in [1.54, 1.807) is 0 Å². The highest BCUT2D eigenvalue weighted by Gasteiger charge is 2.23. The van der Waals surface area contributed by atoms with Gasteiger partial charge in [0, 0.05) is 16.8 Å². The summed E-state index contributed by atoms with van der Waals surface area (Å²) in [5.74, 6) is 0.685. The Bertz CT molecular complexity index is 1300. The Morgan fingerprint density at radius 3 is 2.60 bits per heavy atom. The van der Waals surface area contributed by atoms with E-state index >= 15 is 0 Å². The molecule has 4 heteroatoms. The lowest BCUT2D eigenvalue weighted by atomic mass is 10.0. The molecule has 1 N–H and O–H groups in total. The van der Waals surface area contributed by atoms with E-state index in [0.29, 0.717) is 12.2 Å². The molecule has 0 fully saturated rings. The number of rotatable bonds is 4. The minimum atomic E-state index is -0.0800. The highest BCUT2D eigenvalue weighted by molar-refractivity contribution is 9.10. The largest absolute Gasteiger partial charge is 0.488 e. The number of hydrogen-bond acceptors (Lipinski definition) is 2. The number of benzene rings is 4. The van der Waals surface area contributed by atoms with Gasteiger partial charge in [-0.25, -0.2) is 0 Å². The van der Waals surface area contributed by atoms with Gasteiger partial charge in [-0.3, -0.25) is 4.79 Å². The van der Waals surface area contributed by atoms with E-state index in [0.717, 1.165) is 32.6 Å². The minimum Gasteiger partial charge on any atom is -0.488 e. The van der Waals surface area contributed by atoms with E-state index in [1.165, 1.54) is 10.8 Å². The standard InChI is InChI=1S/C26H18BrNO2/c27-23-15-17(14-22-21-10-3-4-11-24(21)28-26(22)29)12-13-25(23)30-16-19-8-5-7-18-6-1-2-9-20(18)19/h1-15H,16H2,(H,28,29)/b22-14+. The fraction of sp³-hybridized carbons (Fsp3) is 0.0385. The van der Waals surface area contributed by atoms with Crippen molar-refractivity contribution in [1.29, 1.82) is 0 Å². The van der Waals surface area contributed by atoms with Crippen molar-refractivity contribution < 1.29 is 9.53 Å². The van der Waals surface area contributed by atoms with Gasteiger partial charge in [0.15, 0.2) is 0 Å². The van der Waals surface area contributed by atoms with E-state index in [9.17, 15) is 4.79 Å². The molecule has 3 nitrogen and oxygen atoms in total. The molecule has 4 aromatic rings. The average Bonchev–Trinajstić information content (AvgIpc) is 3.08. The van der Waals surface area contributed by atoms with Gasteiger partial charge >= 0.3 is 0 Å². The second-order valence-electron chi connectivity index (χ2n) is 7.17. The predicted molar refractivity (Wildman–Crippen MR) is 125 cm³/mol. The first-order valence-corrected chi connectivity index (χ1v) is 10.5. The van der Waals surface area contributed by atoms with Crippen molar-refractivity contribution in [2.24, 2.45) is 0 Å². The van der Waals surface area contributed by atoms with E-state index in [-0.39, 0.29) is 5.91 Å². The molecule has 0 atom stereocenters. The lowest BCUT2D eigenvalue weighted by molar-refractivity contribution is -0.110. The highest BCUT2D eigenvalue weighted by Crippen LogP contribution is 2.34. The maximum Gasteiger partial charge on any atom is 0.256 e. The van der Waals surface area contributed by atoms with Crippen LogP contribution in [0.4, 0.5) is 5.69 Å². The summed E-state index contributed by atoms with van der Waals surface area (Å²) < 4.78 is 6.94. The molecule has 0 aliphatic carbocycles. The lowest BCUT2D eigenvalue weighted by Gasteiger charge is -2.11. The van der Waals surface area contributed by atoms with Gasteiger partial charge in [0.05, 0.1) is 4.47 Å². The summed E-state index contributed by atoms with van der Waals surface area (Å²) in [5, 5.41) is 5.30. The Kier molecular flexibility index (Phi) is 4.85. The SMILES string of the molecule is O=C1Nc2ccccc2/C1=C\c1ccc(OCc2cccc3ccccc23)c(Br)c1. The first-order valence-electron chi connectivity index (χ1n) is 9.70. The van der Waals surface area contributed by atoms with Crippen LogP contribution in [0.25, 0.3) is 22.4 Å². The predicted octanol–water partition coefficient (Wildman–Crippen LogP) is 6.67. The molecule has 1 aliphatic heterocycles. The zero-order valence-electron chi connectivity index (χ0n) is 16.1. The number of para-hydroxylation sites is 1. The molecule has 0 aromatic heterocycles. The Morgan fingerprint density at radius 1 is 0.900 bits per heavy atom. The highest BCUT2D eigenvalue weighted by atomic mass is 79.9. The van der Waals surface area contributed by atoms with Gasteiger partial charge in [0.25, 0.3) is 5.91 Å². The zero-order valence-corrected chi connectivity index (χ0v) is 17.6. The molecule has 1 aliphatic rings. The lowest BCUT2D eigenvalue weighted by Crippen LogP contribution is -2.03. The number of fused-ring (bicyclic) bond motifs is 2. The molecule has 0 spiro atoms. The Morgan fingerprint density at radius 2 is 1.70 bits per heavy atom. The molecule has 0 bridgehead atoms. The number of halogens is 1. The molecule has 0 unspecified atom stereocenters. The van der Waals surface area contributed by atoms with Crippen molar-refractivity contribution in [2.75, 3.05) is 5.32 Å². The van der Waals surface area contributed by atoms with Crippen molar-refractivity contribution in [2.45, 2.75) is 6.61 Å². The van der Waals surface area contributed by atoms with E-state index in [4.69, 9.17) is 4.74 Å². The van der Waals surface area contributed by atoms with Crippen LogP contribution in [0.3, 0.4) is 0 Å². The van der Waals surface area contributed by atoms with Gasteiger partial charge in [-0.2, -0.15) is 0 Å². The first kappa shape index (κ1) is 18.6. The van der Waals surface area contributed by atoms with Gasteiger partial charge < -0.3 is 10.1 Å². The molecule has 0 radical (unpaired) electrons. The second kappa shape index (κ2) is 7.81. The summed E-state index contributed by atoms with van der Waals surface area (Å²) in [6.07, 6.45) is 1.90. The third-order valence-electron chi connectivity index (χ3n) is 5.24. The summed E-state index contributed by atoms with van der Waals surface area (Å²) in [7, 11) is 0.